The van der Waals surface area contributed by atoms with E-state index in [0.717, 1.165) is 32.5 Å². The first-order chi connectivity index (χ1) is 8.83. The van der Waals surface area contributed by atoms with E-state index in [1.165, 1.54) is 33.9 Å². The highest BCUT2D eigenvalue weighted by Gasteiger charge is 2.25. The average molecular weight is 239 g/mol. The third kappa shape index (κ3) is 1.37. The van der Waals surface area contributed by atoms with Gasteiger partial charge in [-0.15, -0.1) is 0 Å². The number of aryl methyl sites for hydroxylation is 3. The van der Waals surface area contributed by atoms with Gasteiger partial charge in [0, 0.05) is 18.7 Å². The van der Waals surface area contributed by atoms with E-state index in [9.17, 15) is 0 Å². The number of fused-ring (bicyclic) bond motifs is 5. The summed E-state index contributed by atoms with van der Waals surface area (Å²) < 4.78 is 2.42. The quantitative estimate of drug-likeness (QED) is 0.762. The molecule has 18 heavy (non-hydrogen) atoms. The molecule has 1 aromatic carbocycles. The molecule has 0 spiro atoms. The molecule has 3 nitrogen and oxygen atoms in total. The summed E-state index contributed by atoms with van der Waals surface area (Å²) in [6.07, 6.45) is 2.22. The van der Waals surface area contributed by atoms with Crippen molar-refractivity contribution in [2.24, 2.45) is 0 Å². The molecular weight excluding hydrogens is 222 g/mol. The van der Waals surface area contributed by atoms with Gasteiger partial charge in [-0.3, -0.25) is 0 Å². The number of benzene rings is 1. The number of aromatic nitrogens is 2. The van der Waals surface area contributed by atoms with E-state index in [0.29, 0.717) is 0 Å². The maximum absolute atomic E-state index is 4.82. The van der Waals surface area contributed by atoms with Crippen molar-refractivity contribution in [2.75, 3.05) is 6.54 Å². The second kappa shape index (κ2) is 3.69. The van der Waals surface area contributed by atoms with E-state index in [1.54, 1.807) is 0 Å². The molecule has 92 valence electrons. The molecule has 2 heterocycles. The van der Waals surface area contributed by atoms with Crippen LogP contribution >= 0.6 is 0 Å². The number of hydrogen-bond donors (Lipinski definition) is 1. The van der Waals surface area contributed by atoms with Crippen LogP contribution in [0.15, 0.2) is 18.2 Å². The lowest BCUT2D eigenvalue weighted by molar-refractivity contribution is 0.508. The SMILES string of the molecule is Cc1ccc2c(c1)-c1c(nc3n1CCNC3)CC2. The Labute approximate surface area is 107 Å². The summed E-state index contributed by atoms with van der Waals surface area (Å²) in [4.78, 5) is 4.82. The minimum Gasteiger partial charge on any atom is -0.325 e. The predicted octanol–water partition coefficient (Wildman–Crippen LogP) is 2.06. The fourth-order valence-electron chi connectivity index (χ4n) is 3.18. The van der Waals surface area contributed by atoms with Crippen LogP contribution in [0.25, 0.3) is 11.3 Å². The number of rotatable bonds is 0. The van der Waals surface area contributed by atoms with Crippen molar-refractivity contribution in [2.45, 2.75) is 32.9 Å². The van der Waals surface area contributed by atoms with Crippen LogP contribution in [0.5, 0.6) is 0 Å². The van der Waals surface area contributed by atoms with Crippen molar-refractivity contribution < 1.29 is 0 Å². The lowest BCUT2D eigenvalue weighted by Crippen LogP contribution is -2.28. The van der Waals surface area contributed by atoms with Gasteiger partial charge >= 0.3 is 0 Å². The number of nitrogens with one attached hydrogen (secondary N) is 1. The van der Waals surface area contributed by atoms with Crippen molar-refractivity contribution in [1.82, 2.24) is 14.9 Å². The Morgan fingerprint density at radius 1 is 1.28 bits per heavy atom. The molecule has 2 aromatic rings. The van der Waals surface area contributed by atoms with Gasteiger partial charge in [-0.1, -0.05) is 17.7 Å². The molecular formula is C15H17N3. The number of nitrogens with zero attached hydrogens (tertiary/aromatic N) is 2. The molecule has 0 saturated heterocycles. The van der Waals surface area contributed by atoms with Gasteiger partial charge in [0.05, 0.1) is 17.9 Å². The standard InChI is InChI=1S/C15H17N3/c1-10-2-3-11-4-5-13-15(12(11)8-10)18-7-6-16-9-14(18)17-13/h2-3,8,16H,4-7,9H2,1H3. The zero-order valence-corrected chi connectivity index (χ0v) is 10.7. The Bertz CT molecular complexity index is 625. The van der Waals surface area contributed by atoms with Crippen molar-refractivity contribution >= 4 is 0 Å². The highest BCUT2D eigenvalue weighted by molar-refractivity contribution is 5.70. The summed E-state index contributed by atoms with van der Waals surface area (Å²) in [6, 6.07) is 6.83. The molecule has 1 aromatic heterocycles. The van der Waals surface area contributed by atoms with E-state index < -0.39 is 0 Å². The molecule has 0 bridgehead atoms. The molecule has 1 aliphatic carbocycles. The molecule has 2 aliphatic rings. The van der Waals surface area contributed by atoms with Crippen LogP contribution in [0.4, 0.5) is 0 Å². The highest BCUT2D eigenvalue weighted by Crippen LogP contribution is 2.35. The minimum absolute atomic E-state index is 0.911. The second-order valence-corrected chi connectivity index (χ2v) is 5.31. The number of imidazole rings is 1. The first-order valence-corrected chi connectivity index (χ1v) is 6.72. The summed E-state index contributed by atoms with van der Waals surface area (Å²) >= 11 is 0. The van der Waals surface area contributed by atoms with Gasteiger partial charge in [-0.25, -0.2) is 4.98 Å². The average Bonchev–Trinajstić information content (AvgIpc) is 2.77. The van der Waals surface area contributed by atoms with Crippen LogP contribution in [0.3, 0.4) is 0 Å². The monoisotopic (exact) mass is 239 g/mol. The zero-order valence-electron chi connectivity index (χ0n) is 10.7. The van der Waals surface area contributed by atoms with Gasteiger partial charge in [0.1, 0.15) is 5.82 Å². The third-order valence-corrected chi connectivity index (χ3v) is 4.07. The van der Waals surface area contributed by atoms with E-state index >= 15 is 0 Å². The lowest BCUT2D eigenvalue weighted by Gasteiger charge is -2.21. The van der Waals surface area contributed by atoms with Crippen LogP contribution < -0.4 is 5.32 Å². The predicted molar refractivity (Wildman–Crippen MR) is 71.5 cm³/mol. The normalized spacial score (nSPS) is 16.9. The summed E-state index contributed by atoms with van der Waals surface area (Å²) in [5, 5.41) is 3.40. The zero-order chi connectivity index (χ0) is 12.1. The molecule has 0 fully saturated rings. The van der Waals surface area contributed by atoms with E-state index in [-0.39, 0.29) is 0 Å². The first kappa shape index (κ1) is 10.3. The van der Waals surface area contributed by atoms with E-state index in [4.69, 9.17) is 4.98 Å². The van der Waals surface area contributed by atoms with Crippen molar-refractivity contribution in [3.63, 3.8) is 0 Å². The van der Waals surface area contributed by atoms with Gasteiger partial charge in [-0.05, 0) is 31.4 Å². The van der Waals surface area contributed by atoms with Crippen LogP contribution in [0.1, 0.15) is 22.6 Å². The smallest absolute Gasteiger partial charge is 0.123 e. The van der Waals surface area contributed by atoms with Crippen LogP contribution in [0, 0.1) is 6.92 Å². The van der Waals surface area contributed by atoms with Crippen molar-refractivity contribution in [3.05, 3.63) is 40.8 Å². The van der Waals surface area contributed by atoms with Gasteiger partial charge in [0.15, 0.2) is 0 Å². The Morgan fingerprint density at radius 3 is 3.17 bits per heavy atom. The first-order valence-electron chi connectivity index (χ1n) is 6.72. The molecule has 0 atom stereocenters. The maximum Gasteiger partial charge on any atom is 0.123 e. The van der Waals surface area contributed by atoms with Gasteiger partial charge in [-0.2, -0.15) is 0 Å². The minimum atomic E-state index is 0.911. The Hall–Kier alpha value is -1.61. The third-order valence-electron chi connectivity index (χ3n) is 4.07. The fourth-order valence-corrected chi connectivity index (χ4v) is 3.18. The summed E-state index contributed by atoms with van der Waals surface area (Å²) in [5.41, 5.74) is 6.92. The molecule has 0 radical (unpaired) electrons. The Morgan fingerprint density at radius 2 is 2.22 bits per heavy atom. The Kier molecular flexibility index (Phi) is 2.12. The Balaban J connectivity index is 1.98. The van der Waals surface area contributed by atoms with Gasteiger partial charge in [0.25, 0.3) is 0 Å². The molecule has 0 amide bonds. The summed E-state index contributed by atoms with van der Waals surface area (Å²) in [7, 11) is 0. The molecule has 0 saturated carbocycles. The molecule has 1 N–H and O–H groups in total. The molecule has 3 heteroatoms. The maximum atomic E-state index is 4.82. The van der Waals surface area contributed by atoms with E-state index in [2.05, 4.69) is 35.0 Å². The van der Waals surface area contributed by atoms with Crippen molar-refractivity contribution in [3.8, 4) is 11.3 Å². The number of hydrogen-bond acceptors (Lipinski definition) is 2. The molecule has 0 unspecified atom stereocenters. The second-order valence-electron chi connectivity index (χ2n) is 5.31. The molecule has 4 rings (SSSR count). The van der Waals surface area contributed by atoms with Gasteiger partial charge < -0.3 is 9.88 Å². The summed E-state index contributed by atoms with van der Waals surface area (Å²) in [5.74, 6) is 1.21. The van der Waals surface area contributed by atoms with Crippen molar-refractivity contribution in [1.29, 1.82) is 0 Å². The largest absolute Gasteiger partial charge is 0.325 e. The highest BCUT2D eigenvalue weighted by atomic mass is 15.2. The van der Waals surface area contributed by atoms with E-state index in [1.807, 2.05) is 0 Å². The van der Waals surface area contributed by atoms with Gasteiger partial charge in [0.2, 0.25) is 0 Å². The van der Waals surface area contributed by atoms with Crippen LogP contribution in [-0.4, -0.2) is 16.1 Å². The van der Waals surface area contributed by atoms with Crippen LogP contribution in [0.2, 0.25) is 0 Å². The molecule has 1 aliphatic heterocycles. The summed E-state index contributed by atoms with van der Waals surface area (Å²) in [6.45, 7) is 5.18. The van der Waals surface area contributed by atoms with Crippen LogP contribution in [-0.2, 0) is 25.9 Å². The topological polar surface area (TPSA) is 29.9 Å². The fraction of sp³-hybridized carbons (Fsp3) is 0.400. The lowest BCUT2D eigenvalue weighted by atomic mass is 9.91.